The first-order valence-electron chi connectivity index (χ1n) is 7.51. The maximum atomic E-state index is 13.7. The summed E-state index contributed by atoms with van der Waals surface area (Å²) in [5, 5.41) is 0. The van der Waals surface area contributed by atoms with Gasteiger partial charge in [-0.05, 0) is 18.2 Å². The van der Waals surface area contributed by atoms with Crippen LogP contribution in [0, 0.1) is 0 Å². The smallest absolute Gasteiger partial charge is 0.422 e. The molecule has 3 heterocycles. The molecule has 0 atom stereocenters. The number of benzene rings is 1. The molecular weight excluding hydrogens is 401 g/mol. The van der Waals surface area contributed by atoms with Crippen LogP contribution in [0.2, 0.25) is 0 Å². The number of alkyl halides is 7. The van der Waals surface area contributed by atoms with E-state index < -0.39 is 36.1 Å². The predicted molar refractivity (Wildman–Crippen MR) is 77.7 cm³/mol. The van der Waals surface area contributed by atoms with Crippen LogP contribution < -0.4 is 4.74 Å². The lowest BCUT2D eigenvalue weighted by Gasteiger charge is -2.11. The molecule has 0 spiro atoms. The topological polar surface area (TPSA) is 57.4 Å². The van der Waals surface area contributed by atoms with Crippen molar-refractivity contribution >= 4 is 11.1 Å². The zero-order chi connectivity index (χ0) is 20.3. The van der Waals surface area contributed by atoms with E-state index in [2.05, 4.69) is 19.4 Å². The Kier molecular flexibility index (Phi) is 3.83. The summed E-state index contributed by atoms with van der Waals surface area (Å²) in [6, 6.07) is 2.55. The van der Waals surface area contributed by atoms with Gasteiger partial charge in [-0.15, -0.1) is 0 Å². The predicted octanol–water partition coefficient (Wildman–Crippen LogP) is 4.96. The maximum absolute atomic E-state index is 13.7. The van der Waals surface area contributed by atoms with Crippen molar-refractivity contribution in [2.24, 2.45) is 0 Å². The van der Waals surface area contributed by atoms with Crippen LogP contribution in [0.1, 0.15) is 11.1 Å². The number of hydrogen-bond acceptors (Lipinski definition) is 5. The van der Waals surface area contributed by atoms with Crippen molar-refractivity contribution in [3.63, 3.8) is 0 Å². The van der Waals surface area contributed by atoms with Crippen LogP contribution in [0.5, 0.6) is 5.75 Å². The van der Waals surface area contributed by atoms with Gasteiger partial charge in [0, 0.05) is 6.20 Å². The van der Waals surface area contributed by atoms with Crippen molar-refractivity contribution in [1.29, 1.82) is 0 Å². The molecule has 0 saturated heterocycles. The highest BCUT2D eigenvalue weighted by molar-refractivity contribution is 5.79. The molecule has 0 unspecified atom stereocenters. The summed E-state index contributed by atoms with van der Waals surface area (Å²) in [4.78, 5) is 7.53. The SMILES string of the molecule is FC(F)(F)COc1cnccc1-c1nc2cc3c(cc2o1)C(F)(F)OC3(F)F. The third-order valence-corrected chi connectivity index (χ3v) is 3.82. The zero-order valence-corrected chi connectivity index (χ0v) is 13.4. The molecule has 148 valence electrons. The molecule has 0 N–H and O–H groups in total. The first-order valence-corrected chi connectivity index (χ1v) is 7.51. The normalized spacial score (nSPS) is 17.7. The molecular formula is C16H7F7N2O3. The lowest BCUT2D eigenvalue weighted by atomic mass is 10.1. The number of rotatable bonds is 3. The number of oxazole rings is 1. The van der Waals surface area contributed by atoms with Gasteiger partial charge >= 0.3 is 18.4 Å². The molecule has 1 aliphatic heterocycles. The van der Waals surface area contributed by atoms with Crippen molar-refractivity contribution < 1.29 is 44.6 Å². The lowest BCUT2D eigenvalue weighted by Crippen LogP contribution is -2.19. The van der Waals surface area contributed by atoms with Crippen LogP contribution in [-0.4, -0.2) is 22.8 Å². The fourth-order valence-electron chi connectivity index (χ4n) is 2.67. The Morgan fingerprint density at radius 2 is 1.71 bits per heavy atom. The molecule has 1 aromatic carbocycles. The summed E-state index contributed by atoms with van der Waals surface area (Å²) >= 11 is 0. The Labute approximate surface area is 150 Å². The maximum Gasteiger partial charge on any atom is 0.422 e. The second-order valence-corrected chi connectivity index (χ2v) is 5.80. The lowest BCUT2D eigenvalue weighted by molar-refractivity contribution is -0.369. The van der Waals surface area contributed by atoms with E-state index in [1.54, 1.807) is 0 Å². The summed E-state index contributed by atoms with van der Waals surface area (Å²) in [5.74, 6) is -0.649. The van der Waals surface area contributed by atoms with E-state index in [0.717, 1.165) is 6.20 Å². The summed E-state index contributed by atoms with van der Waals surface area (Å²) < 4.78 is 105. The van der Waals surface area contributed by atoms with E-state index in [0.29, 0.717) is 12.1 Å². The van der Waals surface area contributed by atoms with E-state index in [1.165, 1.54) is 12.3 Å². The third-order valence-electron chi connectivity index (χ3n) is 3.82. The van der Waals surface area contributed by atoms with Crippen molar-refractivity contribution in [2.75, 3.05) is 6.61 Å². The second-order valence-electron chi connectivity index (χ2n) is 5.80. The average Bonchev–Trinajstić information content (AvgIpc) is 3.07. The Morgan fingerprint density at radius 3 is 2.39 bits per heavy atom. The van der Waals surface area contributed by atoms with Crippen molar-refractivity contribution in [2.45, 2.75) is 18.4 Å². The molecule has 0 radical (unpaired) electrons. The number of halogens is 7. The van der Waals surface area contributed by atoms with Gasteiger partial charge in [0.2, 0.25) is 5.89 Å². The van der Waals surface area contributed by atoms with Gasteiger partial charge in [-0.1, -0.05) is 0 Å². The number of pyridine rings is 1. The summed E-state index contributed by atoms with van der Waals surface area (Å²) in [7, 11) is 0. The molecule has 4 rings (SSSR count). The Morgan fingerprint density at radius 1 is 1.04 bits per heavy atom. The van der Waals surface area contributed by atoms with Gasteiger partial charge in [0.25, 0.3) is 0 Å². The summed E-state index contributed by atoms with van der Waals surface area (Å²) in [5.41, 5.74) is -2.73. The van der Waals surface area contributed by atoms with E-state index in [4.69, 9.17) is 4.42 Å². The Hall–Kier alpha value is -2.89. The summed E-state index contributed by atoms with van der Waals surface area (Å²) in [6.45, 7) is -1.62. The molecule has 1 aliphatic rings. The molecule has 0 bridgehead atoms. The van der Waals surface area contributed by atoms with Crippen molar-refractivity contribution in [3.8, 4) is 17.2 Å². The number of aromatic nitrogens is 2. The molecule has 3 aromatic rings. The highest BCUT2D eigenvalue weighted by atomic mass is 19.4. The van der Waals surface area contributed by atoms with Crippen LogP contribution in [0.3, 0.4) is 0 Å². The minimum absolute atomic E-state index is 0.0645. The van der Waals surface area contributed by atoms with Gasteiger partial charge in [-0.25, -0.2) is 9.72 Å². The van der Waals surface area contributed by atoms with E-state index >= 15 is 0 Å². The van der Waals surface area contributed by atoms with Gasteiger partial charge in [0.05, 0.1) is 22.9 Å². The van der Waals surface area contributed by atoms with E-state index in [9.17, 15) is 30.7 Å². The van der Waals surface area contributed by atoms with E-state index in [-0.39, 0.29) is 28.3 Å². The number of nitrogens with zero attached hydrogens (tertiary/aromatic N) is 2. The molecule has 28 heavy (non-hydrogen) atoms. The monoisotopic (exact) mass is 408 g/mol. The molecule has 0 aliphatic carbocycles. The minimum atomic E-state index is -4.62. The van der Waals surface area contributed by atoms with Crippen molar-refractivity contribution in [1.82, 2.24) is 9.97 Å². The van der Waals surface area contributed by atoms with Crippen LogP contribution in [0.25, 0.3) is 22.6 Å². The average molecular weight is 408 g/mol. The first kappa shape index (κ1) is 18.5. The third kappa shape index (κ3) is 3.13. The molecule has 0 fully saturated rings. The van der Waals surface area contributed by atoms with Crippen LogP contribution >= 0.6 is 0 Å². The highest BCUT2D eigenvalue weighted by Crippen LogP contribution is 2.52. The second kappa shape index (κ2) is 5.80. The molecule has 12 heteroatoms. The van der Waals surface area contributed by atoms with Gasteiger partial charge in [-0.2, -0.15) is 30.7 Å². The molecule has 0 saturated carbocycles. The number of ether oxygens (including phenoxy) is 2. The van der Waals surface area contributed by atoms with Gasteiger partial charge in [-0.3, -0.25) is 4.98 Å². The molecule has 0 amide bonds. The standard InChI is InChI=1S/C16H7F7N2O3/c17-14(18,19)6-26-12-5-24-2-1-7(12)13-25-10-3-8-9(4-11(10)27-13)16(22,23)28-15(8,20)21/h1-5H,6H2. The zero-order valence-electron chi connectivity index (χ0n) is 13.4. The summed E-state index contributed by atoms with van der Waals surface area (Å²) in [6.07, 6.45) is -10.9. The molecule has 2 aromatic heterocycles. The van der Waals surface area contributed by atoms with Gasteiger partial charge in [0.1, 0.15) is 5.52 Å². The first-order chi connectivity index (χ1) is 13.0. The van der Waals surface area contributed by atoms with Crippen LogP contribution in [-0.2, 0) is 17.0 Å². The largest absolute Gasteiger partial charge is 0.482 e. The van der Waals surface area contributed by atoms with Gasteiger partial charge in [0.15, 0.2) is 17.9 Å². The molecule has 5 nitrogen and oxygen atoms in total. The van der Waals surface area contributed by atoms with Crippen molar-refractivity contribution in [3.05, 3.63) is 41.7 Å². The fourth-order valence-corrected chi connectivity index (χ4v) is 2.67. The minimum Gasteiger partial charge on any atom is -0.482 e. The fraction of sp³-hybridized carbons (Fsp3) is 0.250. The van der Waals surface area contributed by atoms with Crippen LogP contribution in [0.4, 0.5) is 30.7 Å². The quantitative estimate of drug-likeness (QED) is 0.574. The Bertz CT molecular complexity index is 1010. The number of fused-ring (bicyclic) bond motifs is 2. The van der Waals surface area contributed by atoms with Crippen LogP contribution in [0.15, 0.2) is 35.0 Å². The number of hydrogen-bond donors (Lipinski definition) is 0. The highest BCUT2D eigenvalue weighted by Gasteiger charge is 2.57. The van der Waals surface area contributed by atoms with E-state index in [1.807, 2.05) is 0 Å². The Balaban J connectivity index is 1.79. The van der Waals surface area contributed by atoms with Gasteiger partial charge < -0.3 is 9.15 Å².